The van der Waals surface area contributed by atoms with Gasteiger partial charge < -0.3 is 14.7 Å². The topological polar surface area (TPSA) is 66.8 Å². The first-order chi connectivity index (χ1) is 9.86. The molecular formula is C16H23NO4. The molecule has 0 aliphatic heterocycles. The molecule has 0 radical (unpaired) electrons. The van der Waals surface area contributed by atoms with Gasteiger partial charge in [0.2, 0.25) is 5.91 Å². The Kier molecular flexibility index (Phi) is 6.21. The smallest absolute Gasteiger partial charge is 0.303 e. The van der Waals surface area contributed by atoms with Crippen LogP contribution >= 0.6 is 0 Å². The van der Waals surface area contributed by atoms with E-state index in [4.69, 9.17) is 9.84 Å². The van der Waals surface area contributed by atoms with E-state index in [0.29, 0.717) is 0 Å². The Labute approximate surface area is 125 Å². The number of aliphatic carboxylic acids is 1. The molecular weight excluding hydrogens is 270 g/mol. The number of ether oxygens (including phenoxy) is 1. The van der Waals surface area contributed by atoms with E-state index < -0.39 is 5.97 Å². The minimum atomic E-state index is -0.879. The highest BCUT2D eigenvalue weighted by Gasteiger charge is 2.22. The van der Waals surface area contributed by atoms with Crippen molar-refractivity contribution in [3.63, 3.8) is 0 Å². The van der Waals surface area contributed by atoms with Gasteiger partial charge in [-0.3, -0.25) is 9.59 Å². The van der Waals surface area contributed by atoms with E-state index in [-0.39, 0.29) is 30.7 Å². The van der Waals surface area contributed by atoms with Crippen LogP contribution in [0.5, 0.6) is 5.75 Å². The standard InChI is InChI=1S/C16H23NO4/c1-11(10-16(19)20)9-15(18)17(3)12(2)13-7-5-6-8-14(13)21-4/h5-8,11-12H,9-10H2,1-4H3,(H,19,20). The number of hydrogen-bond acceptors (Lipinski definition) is 3. The second kappa shape index (κ2) is 7.67. The second-order valence-electron chi connectivity index (χ2n) is 5.33. The number of carboxylic acid groups (broad SMARTS) is 1. The molecule has 21 heavy (non-hydrogen) atoms. The van der Waals surface area contributed by atoms with Gasteiger partial charge in [0.05, 0.1) is 13.2 Å². The van der Waals surface area contributed by atoms with Gasteiger partial charge in [-0.2, -0.15) is 0 Å². The van der Waals surface area contributed by atoms with Gasteiger partial charge >= 0.3 is 5.97 Å². The molecule has 0 heterocycles. The van der Waals surface area contributed by atoms with Crippen molar-refractivity contribution in [1.82, 2.24) is 4.90 Å². The van der Waals surface area contributed by atoms with Crippen LogP contribution in [-0.4, -0.2) is 36.0 Å². The van der Waals surface area contributed by atoms with Crippen molar-refractivity contribution in [1.29, 1.82) is 0 Å². The number of benzene rings is 1. The van der Waals surface area contributed by atoms with Crippen molar-refractivity contribution in [2.45, 2.75) is 32.7 Å². The first-order valence-electron chi connectivity index (χ1n) is 6.97. The monoisotopic (exact) mass is 293 g/mol. The Bertz CT molecular complexity index is 501. The number of rotatable bonds is 7. The molecule has 1 aromatic carbocycles. The van der Waals surface area contributed by atoms with E-state index >= 15 is 0 Å². The molecule has 0 spiro atoms. The summed E-state index contributed by atoms with van der Waals surface area (Å²) < 4.78 is 5.31. The molecule has 2 atom stereocenters. The summed E-state index contributed by atoms with van der Waals surface area (Å²) in [6, 6.07) is 7.43. The summed E-state index contributed by atoms with van der Waals surface area (Å²) in [4.78, 5) is 24.5. The number of carbonyl (C=O) groups excluding carboxylic acids is 1. The highest BCUT2D eigenvalue weighted by atomic mass is 16.5. The van der Waals surface area contributed by atoms with Crippen LogP contribution in [0.2, 0.25) is 0 Å². The number of hydrogen-bond donors (Lipinski definition) is 1. The molecule has 0 saturated carbocycles. The summed E-state index contributed by atoms with van der Waals surface area (Å²) in [5.41, 5.74) is 0.932. The van der Waals surface area contributed by atoms with Crippen LogP contribution in [0.3, 0.4) is 0 Å². The number of carboxylic acids is 1. The number of carbonyl (C=O) groups is 2. The molecule has 0 aliphatic rings. The molecule has 1 N–H and O–H groups in total. The predicted molar refractivity (Wildman–Crippen MR) is 80.2 cm³/mol. The van der Waals surface area contributed by atoms with Gasteiger partial charge in [0.25, 0.3) is 0 Å². The minimum Gasteiger partial charge on any atom is -0.496 e. The molecule has 0 saturated heterocycles. The lowest BCUT2D eigenvalue weighted by molar-refractivity contribution is -0.138. The van der Waals surface area contributed by atoms with Gasteiger partial charge in [0.15, 0.2) is 0 Å². The highest BCUT2D eigenvalue weighted by Crippen LogP contribution is 2.28. The summed E-state index contributed by atoms with van der Waals surface area (Å²) in [5, 5.41) is 8.75. The summed E-state index contributed by atoms with van der Waals surface area (Å²) in [6.45, 7) is 3.70. The number of amides is 1. The van der Waals surface area contributed by atoms with Gasteiger partial charge in [-0.25, -0.2) is 0 Å². The van der Waals surface area contributed by atoms with Crippen LogP contribution in [0.1, 0.15) is 38.3 Å². The normalized spacial score (nSPS) is 13.3. The lowest BCUT2D eigenvalue weighted by Crippen LogP contribution is -2.31. The first-order valence-corrected chi connectivity index (χ1v) is 6.97. The number of para-hydroxylation sites is 1. The van der Waals surface area contributed by atoms with Gasteiger partial charge in [-0.1, -0.05) is 25.1 Å². The van der Waals surface area contributed by atoms with E-state index in [1.54, 1.807) is 26.0 Å². The second-order valence-corrected chi connectivity index (χ2v) is 5.33. The first kappa shape index (κ1) is 17.0. The van der Waals surface area contributed by atoms with Crippen molar-refractivity contribution in [2.24, 2.45) is 5.92 Å². The van der Waals surface area contributed by atoms with E-state index in [1.165, 1.54) is 0 Å². The fourth-order valence-corrected chi connectivity index (χ4v) is 2.25. The van der Waals surface area contributed by atoms with Gasteiger partial charge in [-0.05, 0) is 18.9 Å². The van der Waals surface area contributed by atoms with E-state index in [0.717, 1.165) is 11.3 Å². The van der Waals surface area contributed by atoms with E-state index in [9.17, 15) is 9.59 Å². The van der Waals surface area contributed by atoms with Crippen LogP contribution in [0.4, 0.5) is 0 Å². The molecule has 116 valence electrons. The van der Waals surface area contributed by atoms with Crippen LogP contribution in [0, 0.1) is 5.92 Å². The average molecular weight is 293 g/mol. The minimum absolute atomic E-state index is 0.00260. The SMILES string of the molecule is COc1ccccc1C(C)N(C)C(=O)CC(C)CC(=O)O. The Balaban J connectivity index is 2.75. The van der Waals surface area contributed by atoms with Gasteiger partial charge in [0.1, 0.15) is 5.75 Å². The van der Waals surface area contributed by atoms with E-state index in [1.807, 2.05) is 31.2 Å². The lowest BCUT2D eigenvalue weighted by atomic mass is 10.0. The third-order valence-electron chi connectivity index (χ3n) is 3.61. The fourth-order valence-electron chi connectivity index (χ4n) is 2.25. The van der Waals surface area contributed by atoms with Crippen LogP contribution < -0.4 is 4.74 Å². The summed E-state index contributed by atoms with van der Waals surface area (Å²) in [7, 11) is 3.33. The maximum Gasteiger partial charge on any atom is 0.303 e. The van der Waals surface area contributed by atoms with Crippen molar-refractivity contribution in [3.8, 4) is 5.75 Å². The van der Waals surface area contributed by atoms with Crippen molar-refractivity contribution < 1.29 is 19.4 Å². The van der Waals surface area contributed by atoms with Crippen LogP contribution in [-0.2, 0) is 9.59 Å². The third-order valence-corrected chi connectivity index (χ3v) is 3.61. The Morgan fingerprint density at radius 2 is 1.86 bits per heavy atom. The average Bonchev–Trinajstić information content (AvgIpc) is 2.44. The van der Waals surface area contributed by atoms with Crippen molar-refractivity contribution >= 4 is 11.9 Å². The summed E-state index contributed by atoms with van der Waals surface area (Å²) in [6.07, 6.45) is 0.227. The van der Waals surface area contributed by atoms with Crippen molar-refractivity contribution in [2.75, 3.05) is 14.2 Å². The number of methoxy groups -OCH3 is 1. The molecule has 0 aliphatic carbocycles. The molecule has 5 nitrogen and oxygen atoms in total. The highest BCUT2D eigenvalue weighted by molar-refractivity contribution is 5.77. The van der Waals surface area contributed by atoms with E-state index in [2.05, 4.69) is 0 Å². The Hall–Kier alpha value is -2.04. The van der Waals surface area contributed by atoms with Crippen LogP contribution in [0.15, 0.2) is 24.3 Å². The molecule has 0 aromatic heterocycles. The largest absolute Gasteiger partial charge is 0.496 e. The molecule has 2 unspecified atom stereocenters. The van der Waals surface area contributed by atoms with Gasteiger partial charge in [-0.15, -0.1) is 0 Å². The Morgan fingerprint density at radius 3 is 2.43 bits per heavy atom. The summed E-state index contributed by atoms with van der Waals surface area (Å²) >= 11 is 0. The van der Waals surface area contributed by atoms with Gasteiger partial charge in [0, 0.05) is 25.5 Å². The summed E-state index contributed by atoms with van der Waals surface area (Å²) in [5.74, 6) is -0.386. The maximum absolute atomic E-state index is 12.2. The Morgan fingerprint density at radius 1 is 1.24 bits per heavy atom. The molecule has 5 heteroatoms. The zero-order chi connectivity index (χ0) is 16.0. The molecule has 0 fully saturated rings. The molecule has 0 bridgehead atoms. The zero-order valence-electron chi connectivity index (χ0n) is 13.0. The predicted octanol–water partition coefficient (Wildman–Crippen LogP) is 2.72. The number of nitrogens with zero attached hydrogens (tertiary/aromatic N) is 1. The molecule has 1 rings (SSSR count). The maximum atomic E-state index is 12.2. The lowest BCUT2D eigenvalue weighted by Gasteiger charge is -2.27. The fraction of sp³-hybridized carbons (Fsp3) is 0.500. The zero-order valence-corrected chi connectivity index (χ0v) is 13.0. The quantitative estimate of drug-likeness (QED) is 0.839. The molecule has 1 amide bonds. The van der Waals surface area contributed by atoms with Crippen molar-refractivity contribution in [3.05, 3.63) is 29.8 Å². The third kappa shape index (κ3) is 4.77. The molecule has 1 aromatic rings. The van der Waals surface area contributed by atoms with Crippen LogP contribution in [0.25, 0.3) is 0 Å².